The van der Waals surface area contributed by atoms with Crippen LogP contribution in [-0.4, -0.2) is 36.3 Å². The largest absolute Gasteiger partial charge is 0.378 e. The van der Waals surface area contributed by atoms with Gasteiger partial charge in [-0.25, -0.2) is 9.97 Å². The van der Waals surface area contributed by atoms with Gasteiger partial charge >= 0.3 is 0 Å². The predicted octanol–water partition coefficient (Wildman–Crippen LogP) is 5.27. The highest BCUT2D eigenvalue weighted by molar-refractivity contribution is 6.36. The summed E-state index contributed by atoms with van der Waals surface area (Å²) in [7, 11) is 0. The number of pyridine rings is 2. The molecule has 0 aliphatic carbocycles. The number of morpholine rings is 1. The van der Waals surface area contributed by atoms with Crippen LogP contribution in [0.2, 0.25) is 25.6 Å². The van der Waals surface area contributed by atoms with Gasteiger partial charge in [0.15, 0.2) is 0 Å². The Bertz CT molecular complexity index is 594. The Morgan fingerprint density at radius 2 is 1.17 bits per heavy atom. The van der Waals surface area contributed by atoms with Gasteiger partial charge in [0.25, 0.3) is 0 Å². The Balaban J connectivity index is 0.000000185. The summed E-state index contributed by atoms with van der Waals surface area (Å²) >= 11 is 28.1. The van der Waals surface area contributed by atoms with Crippen LogP contribution >= 0.6 is 58.0 Å². The third-order valence-corrected chi connectivity index (χ3v) is 3.84. The van der Waals surface area contributed by atoms with Gasteiger partial charge in [-0.1, -0.05) is 58.0 Å². The van der Waals surface area contributed by atoms with Crippen molar-refractivity contribution in [3.05, 3.63) is 49.9 Å². The molecule has 23 heavy (non-hydrogen) atoms. The molecule has 2 aromatic rings. The van der Waals surface area contributed by atoms with Crippen LogP contribution < -0.4 is 4.90 Å². The van der Waals surface area contributed by atoms with Crippen LogP contribution in [0.15, 0.2) is 24.3 Å². The van der Waals surface area contributed by atoms with Crippen LogP contribution in [-0.2, 0) is 4.74 Å². The lowest BCUT2D eigenvalue weighted by Gasteiger charge is -2.28. The van der Waals surface area contributed by atoms with E-state index in [4.69, 9.17) is 62.7 Å². The highest BCUT2D eigenvalue weighted by Crippen LogP contribution is 2.23. The molecule has 0 saturated carbocycles. The molecule has 4 nitrogen and oxygen atoms in total. The summed E-state index contributed by atoms with van der Waals surface area (Å²) in [6, 6.07) is 6.68. The van der Waals surface area contributed by atoms with Crippen molar-refractivity contribution in [1.82, 2.24) is 9.97 Å². The molecule has 1 aliphatic rings. The molecule has 0 unspecified atom stereocenters. The number of anilines is 1. The zero-order valence-corrected chi connectivity index (χ0v) is 15.6. The second-order valence-corrected chi connectivity index (χ2v) is 6.49. The van der Waals surface area contributed by atoms with Crippen molar-refractivity contribution in [1.29, 1.82) is 0 Å². The van der Waals surface area contributed by atoms with Gasteiger partial charge < -0.3 is 9.64 Å². The average Bonchev–Trinajstić information content (AvgIpc) is 2.46. The molecule has 9 heteroatoms. The normalized spacial score (nSPS) is 14.2. The van der Waals surface area contributed by atoms with Gasteiger partial charge in [0.05, 0.1) is 13.2 Å². The molecule has 3 heterocycles. The van der Waals surface area contributed by atoms with Gasteiger partial charge in [-0.2, -0.15) is 0 Å². The molecule has 0 aromatic carbocycles. The maximum absolute atomic E-state index is 5.82. The Kier molecular flexibility index (Phi) is 7.47. The van der Waals surface area contributed by atoms with Crippen LogP contribution in [0.5, 0.6) is 0 Å². The van der Waals surface area contributed by atoms with E-state index >= 15 is 0 Å². The lowest BCUT2D eigenvalue weighted by molar-refractivity contribution is 0.122. The average molecular weight is 416 g/mol. The topological polar surface area (TPSA) is 38.2 Å². The number of aromatic nitrogens is 2. The molecule has 3 rings (SSSR count). The Morgan fingerprint density at radius 3 is 1.61 bits per heavy atom. The molecule has 1 fully saturated rings. The molecular weight excluding hydrogens is 403 g/mol. The summed E-state index contributed by atoms with van der Waals surface area (Å²) in [4.78, 5) is 9.77. The van der Waals surface area contributed by atoms with E-state index in [1.54, 1.807) is 0 Å². The molecule has 2 aromatic heterocycles. The van der Waals surface area contributed by atoms with Crippen LogP contribution in [0.1, 0.15) is 0 Å². The second kappa shape index (κ2) is 9.11. The fourth-order valence-electron chi connectivity index (χ4n) is 1.89. The van der Waals surface area contributed by atoms with Crippen molar-refractivity contribution >= 4 is 63.7 Å². The van der Waals surface area contributed by atoms with E-state index in [0.717, 1.165) is 32.0 Å². The van der Waals surface area contributed by atoms with Crippen LogP contribution in [0.4, 0.5) is 5.69 Å². The van der Waals surface area contributed by atoms with Crippen molar-refractivity contribution in [2.75, 3.05) is 31.2 Å². The number of halogens is 5. The molecule has 1 aliphatic heterocycles. The molecule has 0 bridgehead atoms. The third kappa shape index (κ3) is 6.49. The van der Waals surface area contributed by atoms with Crippen molar-refractivity contribution in [3.8, 4) is 0 Å². The van der Waals surface area contributed by atoms with Crippen molar-refractivity contribution in [2.45, 2.75) is 0 Å². The number of hydrogen-bond acceptors (Lipinski definition) is 4. The minimum atomic E-state index is 0.313. The highest BCUT2D eigenvalue weighted by atomic mass is 35.5. The minimum absolute atomic E-state index is 0.313. The first kappa shape index (κ1) is 18.8. The molecule has 0 radical (unpaired) electrons. The lowest BCUT2D eigenvalue weighted by Crippen LogP contribution is -2.36. The maximum Gasteiger partial charge on any atom is 0.132 e. The standard InChI is InChI=1S/C9H10Cl2N2O.C5H2Cl3N/c10-8-5-7(6-9(11)12-8)13-1-3-14-4-2-13;6-3-1-4(7)9-5(8)2-3/h5-6H,1-4H2;1-2H. The highest BCUT2D eigenvalue weighted by Gasteiger charge is 2.12. The maximum atomic E-state index is 5.82. The van der Waals surface area contributed by atoms with E-state index in [1.807, 2.05) is 12.1 Å². The van der Waals surface area contributed by atoms with E-state index < -0.39 is 0 Å². The molecule has 0 N–H and O–H groups in total. The third-order valence-electron chi connectivity index (χ3n) is 2.85. The first-order valence-electron chi connectivity index (χ1n) is 6.58. The molecule has 1 saturated heterocycles. The van der Waals surface area contributed by atoms with Crippen LogP contribution in [0.25, 0.3) is 0 Å². The van der Waals surface area contributed by atoms with Crippen molar-refractivity contribution in [2.24, 2.45) is 0 Å². The number of ether oxygens (including phenoxy) is 1. The van der Waals surface area contributed by atoms with E-state index in [2.05, 4.69) is 14.9 Å². The molecule has 0 amide bonds. The van der Waals surface area contributed by atoms with E-state index in [0.29, 0.717) is 25.6 Å². The predicted molar refractivity (Wildman–Crippen MR) is 96.6 cm³/mol. The van der Waals surface area contributed by atoms with Crippen molar-refractivity contribution < 1.29 is 4.74 Å². The zero-order chi connectivity index (χ0) is 16.8. The summed E-state index contributed by atoms with van der Waals surface area (Å²) in [6.45, 7) is 3.24. The van der Waals surface area contributed by atoms with Gasteiger partial charge in [-0.15, -0.1) is 0 Å². The summed E-state index contributed by atoms with van der Waals surface area (Å²) < 4.78 is 5.26. The number of rotatable bonds is 1. The van der Waals surface area contributed by atoms with E-state index in [-0.39, 0.29) is 0 Å². The minimum Gasteiger partial charge on any atom is -0.378 e. The van der Waals surface area contributed by atoms with Gasteiger partial charge in [-0.3, -0.25) is 0 Å². The summed E-state index contributed by atoms with van der Waals surface area (Å²) in [5.41, 5.74) is 1.01. The zero-order valence-electron chi connectivity index (χ0n) is 11.8. The molecule has 0 atom stereocenters. The first-order chi connectivity index (χ1) is 10.9. The van der Waals surface area contributed by atoms with Gasteiger partial charge in [0, 0.05) is 23.8 Å². The molecular formula is C14H12Cl5N3O. The Morgan fingerprint density at radius 1 is 0.739 bits per heavy atom. The monoisotopic (exact) mass is 413 g/mol. The van der Waals surface area contributed by atoms with Gasteiger partial charge in [0.1, 0.15) is 20.6 Å². The summed E-state index contributed by atoms with van der Waals surface area (Å²) in [5, 5.41) is 1.98. The van der Waals surface area contributed by atoms with Gasteiger partial charge in [0.2, 0.25) is 0 Å². The summed E-state index contributed by atoms with van der Waals surface area (Å²) in [5.74, 6) is 0. The van der Waals surface area contributed by atoms with Crippen LogP contribution in [0, 0.1) is 0 Å². The Labute approximate surface area is 159 Å². The molecule has 124 valence electrons. The number of nitrogens with zero attached hydrogens (tertiary/aromatic N) is 3. The van der Waals surface area contributed by atoms with Crippen LogP contribution in [0.3, 0.4) is 0 Å². The van der Waals surface area contributed by atoms with E-state index in [1.165, 1.54) is 12.1 Å². The lowest BCUT2D eigenvalue weighted by atomic mass is 10.3. The fourth-order valence-corrected chi connectivity index (χ4v) is 3.12. The quantitative estimate of drug-likeness (QED) is 0.595. The first-order valence-corrected chi connectivity index (χ1v) is 8.47. The second-order valence-electron chi connectivity index (χ2n) is 4.50. The van der Waals surface area contributed by atoms with Crippen molar-refractivity contribution in [3.63, 3.8) is 0 Å². The fraction of sp³-hybridized carbons (Fsp3) is 0.286. The SMILES string of the molecule is Clc1cc(Cl)nc(Cl)c1.Clc1cc(N2CCOCC2)cc(Cl)n1. The number of hydrogen-bond donors (Lipinski definition) is 0. The Hall–Kier alpha value is -0.490. The van der Waals surface area contributed by atoms with Gasteiger partial charge in [-0.05, 0) is 24.3 Å². The smallest absolute Gasteiger partial charge is 0.132 e. The molecule has 0 spiro atoms. The van der Waals surface area contributed by atoms with E-state index in [9.17, 15) is 0 Å². The summed E-state index contributed by atoms with van der Waals surface area (Å²) in [6.07, 6.45) is 0.